The van der Waals surface area contributed by atoms with E-state index in [4.69, 9.17) is 9.84 Å². The van der Waals surface area contributed by atoms with Crippen LogP contribution < -0.4 is 4.74 Å². The van der Waals surface area contributed by atoms with Gasteiger partial charge in [-0.25, -0.2) is 4.39 Å². The first-order valence-electron chi connectivity index (χ1n) is 6.53. The Hall–Kier alpha value is -1.13. The Labute approximate surface area is 107 Å². The number of hydrogen-bond donors (Lipinski definition) is 1. The van der Waals surface area contributed by atoms with E-state index in [1.807, 2.05) is 0 Å². The van der Waals surface area contributed by atoms with Gasteiger partial charge in [-0.15, -0.1) is 0 Å². The van der Waals surface area contributed by atoms with E-state index in [0.29, 0.717) is 17.9 Å². The topological polar surface area (TPSA) is 32.7 Å². The van der Waals surface area contributed by atoms with Crippen LogP contribution in [-0.4, -0.2) is 36.2 Å². The fourth-order valence-electron chi connectivity index (χ4n) is 2.28. The van der Waals surface area contributed by atoms with Gasteiger partial charge in [-0.1, -0.05) is 0 Å². The van der Waals surface area contributed by atoms with Crippen LogP contribution in [0, 0.1) is 5.82 Å². The third-order valence-electron chi connectivity index (χ3n) is 3.20. The van der Waals surface area contributed by atoms with Crippen molar-refractivity contribution >= 4 is 0 Å². The van der Waals surface area contributed by atoms with E-state index in [0.717, 1.165) is 13.0 Å². The maximum atomic E-state index is 13.2. The molecule has 2 rings (SSSR count). The van der Waals surface area contributed by atoms with Gasteiger partial charge in [0.1, 0.15) is 11.6 Å². The first-order chi connectivity index (χ1) is 8.78. The van der Waals surface area contributed by atoms with Crippen molar-refractivity contribution in [1.29, 1.82) is 0 Å². The number of likely N-dealkylation sites (tertiary alicyclic amines) is 1. The molecule has 0 saturated carbocycles. The van der Waals surface area contributed by atoms with Gasteiger partial charge in [-0.2, -0.15) is 0 Å². The number of benzene rings is 1. The third kappa shape index (κ3) is 3.96. The van der Waals surface area contributed by atoms with Crippen LogP contribution >= 0.6 is 0 Å². The quantitative estimate of drug-likeness (QED) is 0.789. The molecule has 1 saturated heterocycles. The SMILES string of the molecule is OCc1cc(F)cc(OCCCN2CCCC2)c1. The fourth-order valence-corrected chi connectivity index (χ4v) is 2.28. The van der Waals surface area contributed by atoms with Gasteiger partial charge in [0.05, 0.1) is 13.2 Å². The van der Waals surface area contributed by atoms with E-state index in [2.05, 4.69) is 4.90 Å². The van der Waals surface area contributed by atoms with Crippen LogP contribution in [0.4, 0.5) is 4.39 Å². The number of nitrogens with zero attached hydrogens (tertiary/aromatic N) is 1. The summed E-state index contributed by atoms with van der Waals surface area (Å²) in [6, 6.07) is 4.35. The van der Waals surface area contributed by atoms with Crippen molar-refractivity contribution in [3.63, 3.8) is 0 Å². The molecule has 1 aliphatic rings. The molecule has 3 nitrogen and oxygen atoms in total. The lowest BCUT2D eigenvalue weighted by Gasteiger charge is -2.14. The Morgan fingerprint density at radius 3 is 2.72 bits per heavy atom. The van der Waals surface area contributed by atoms with E-state index in [-0.39, 0.29) is 12.4 Å². The van der Waals surface area contributed by atoms with Crippen LogP contribution in [0.25, 0.3) is 0 Å². The van der Waals surface area contributed by atoms with E-state index < -0.39 is 0 Å². The second-order valence-corrected chi connectivity index (χ2v) is 4.70. The van der Waals surface area contributed by atoms with E-state index >= 15 is 0 Å². The summed E-state index contributed by atoms with van der Waals surface area (Å²) in [6.07, 6.45) is 3.54. The Balaban J connectivity index is 1.73. The molecule has 1 aliphatic heterocycles. The van der Waals surface area contributed by atoms with Crippen LogP contribution in [0.3, 0.4) is 0 Å². The summed E-state index contributed by atoms with van der Waals surface area (Å²) in [6.45, 7) is 3.85. The van der Waals surface area contributed by atoms with Crippen molar-refractivity contribution < 1.29 is 14.2 Å². The smallest absolute Gasteiger partial charge is 0.127 e. The molecule has 1 fully saturated rings. The number of hydrogen-bond acceptors (Lipinski definition) is 3. The largest absolute Gasteiger partial charge is 0.493 e. The number of ether oxygens (including phenoxy) is 1. The standard InChI is InChI=1S/C14H20FNO2/c15-13-8-12(11-17)9-14(10-13)18-7-3-6-16-4-1-2-5-16/h8-10,17H,1-7,11H2. The minimum absolute atomic E-state index is 0.165. The predicted octanol–water partition coefficient (Wildman–Crippen LogP) is 2.18. The lowest BCUT2D eigenvalue weighted by atomic mass is 10.2. The molecule has 0 radical (unpaired) electrons. The van der Waals surface area contributed by atoms with Gasteiger partial charge in [0.25, 0.3) is 0 Å². The third-order valence-corrected chi connectivity index (χ3v) is 3.20. The number of aliphatic hydroxyl groups excluding tert-OH is 1. The van der Waals surface area contributed by atoms with Crippen LogP contribution in [0.2, 0.25) is 0 Å². The summed E-state index contributed by atoms with van der Waals surface area (Å²) >= 11 is 0. The number of rotatable bonds is 6. The fraction of sp³-hybridized carbons (Fsp3) is 0.571. The van der Waals surface area contributed by atoms with Crippen molar-refractivity contribution in [2.45, 2.75) is 25.9 Å². The summed E-state index contributed by atoms with van der Waals surface area (Å²) in [5, 5.41) is 8.97. The van der Waals surface area contributed by atoms with E-state index in [1.54, 1.807) is 6.07 Å². The lowest BCUT2D eigenvalue weighted by Crippen LogP contribution is -2.21. The number of aliphatic hydroxyl groups is 1. The summed E-state index contributed by atoms with van der Waals surface area (Å²) in [5.41, 5.74) is 0.546. The molecule has 0 atom stereocenters. The minimum Gasteiger partial charge on any atom is -0.493 e. The molecular formula is C14H20FNO2. The second-order valence-electron chi connectivity index (χ2n) is 4.70. The summed E-state index contributed by atoms with van der Waals surface area (Å²) in [4.78, 5) is 2.42. The van der Waals surface area contributed by atoms with Gasteiger partial charge in [0.2, 0.25) is 0 Å². The molecule has 4 heteroatoms. The molecule has 1 aromatic rings. The highest BCUT2D eigenvalue weighted by Crippen LogP contribution is 2.17. The zero-order chi connectivity index (χ0) is 12.8. The maximum Gasteiger partial charge on any atom is 0.127 e. The van der Waals surface area contributed by atoms with Gasteiger partial charge < -0.3 is 14.7 Å². The van der Waals surface area contributed by atoms with E-state index in [1.165, 1.54) is 38.1 Å². The highest BCUT2D eigenvalue weighted by atomic mass is 19.1. The first kappa shape index (κ1) is 13.3. The highest BCUT2D eigenvalue weighted by Gasteiger charge is 2.10. The molecule has 0 aliphatic carbocycles. The van der Waals surface area contributed by atoms with Crippen molar-refractivity contribution in [3.8, 4) is 5.75 Å². The van der Waals surface area contributed by atoms with Crippen molar-refractivity contribution in [2.24, 2.45) is 0 Å². The molecule has 1 aromatic carbocycles. The summed E-state index contributed by atoms with van der Waals surface area (Å²) < 4.78 is 18.7. The average molecular weight is 253 g/mol. The molecule has 0 unspecified atom stereocenters. The van der Waals surface area contributed by atoms with Crippen molar-refractivity contribution in [3.05, 3.63) is 29.6 Å². The van der Waals surface area contributed by atoms with Crippen molar-refractivity contribution in [2.75, 3.05) is 26.2 Å². The zero-order valence-corrected chi connectivity index (χ0v) is 10.6. The monoisotopic (exact) mass is 253 g/mol. The molecule has 0 spiro atoms. The Bertz CT molecular complexity index is 378. The van der Waals surface area contributed by atoms with Gasteiger partial charge in [0.15, 0.2) is 0 Å². The molecule has 1 heterocycles. The molecule has 18 heavy (non-hydrogen) atoms. The highest BCUT2D eigenvalue weighted by molar-refractivity contribution is 5.29. The van der Waals surface area contributed by atoms with E-state index in [9.17, 15) is 4.39 Å². The summed E-state index contributed by atoms with van der Waals surface area (Å²) in [7, 11) is 0. The van der Waals surface area contributed by atoms with Crippen LogP contribution in [0.1, 0.15) is 24.8 Å². The van der Waals surface area contributed by atoms with Gasteiger partial charge >= 0.3 is 0 Å². The number of halogens is 1. The Morgan fingerprint density at radius 1 is 1.22 bits per heavy atom. The van der Waals surface area contributed by atoms with Crippen LogP contribution in [0.15, 0.2) is 18.2 Å². The minimum atomic E-state index is -0.365. The molecule has 0 amide bonds. The van der Waals surface area contributed by atoms with Crippen LogP contribution in [-0.2, 0) is 6.61 Å². The van der Waals surface area contributed by atoms with Gasteiger partial charge in [-0.05, 0) is 50.0 Å². The maximum absolute atomic E-state index is 13.2. The molecule has 0 aromatic heterocycles. The molecule has 0 bridgehead atoms. The first-order valence-corrected chi connectivity index (χ1v) is 6.53. The zero-order valence-electron chi connectivity index (χ0n) is 10.6. The van der Waals surface area contributed by atoms with Crippen molar-refractivity contribution in [1.82, 2.24) is 4.90 Å². The Morgan fingerprint density at radius 2 is 2.00 bits per heavy atom. The van der Waals surface area contributed by atoms with Gasteiger partial charge in [0, 0.05) is 12.6 Å². The molecular weight excluding hydrogens is 233 g/mol. The Kier molecular flexibility index (Phi) is 4.96. The predicted molar refractivity (Wildman–Crippen MR) is 68.1 cm³/mol. The van der Waals surface area contributed by atoms with Crippen LogP contribution in [0.5, 0.6) is 5.75 Å². The summed E-state index contributed by atoms with van der Waals surface area (Å²) in [5.74, 6) is 0.136. The van der Waals surface area contributed by atoms with Gasteiger partial charge in [-0.3, -0.25) is 0 Å². The lowest BCUT2D eigenvalue weighted by molar-refractivity contribution is 0.259. The normalized spacial score (nSPS) is 16.1. The molecule has 100 valence electrons. The second kappa shape index (κ2) is 6.71. The average Bonchev–Trinajstić information content (AvgIpc) is 2.87. The molecule has 1 N–H and O–H groups in total.